The number of methoxy groups -OCH3 is 2. The molecular formula is C30H30ClNO5. The molecule has 1 saturated heterocycles. The molecule has 0 aliphatic carbocycles. The summed E-state index contributed by atoms with van der Waals surface area (Å²) in [6.07, 6.45) is 0. The first-order valence-corrected chi connectivity index (χ1v) is 12.3. The smallest absolute Gasteiger partial charge is 0.300 e. The normalized spacial score (nSPS) is 17.3. The van der Waals surface area contributed by atoms with Crippen LogP contribution in [0.1, 0.15) is 49.1 Å². The molecular weight excluding hydrogens is 490 g/mol. The lowest BCUT2D eigenvalue weighted by molar-refractivity contribution is -0.132. The third-order valence-corrected chi connectivity index (χ3v) is 7.11. The first-order chi connectivity index (χ1) is 17.5. The molecule has 0 saturated carbocycles. The van der Waals surface area contributed by atoms with E-state index in [-0.39, 0.29) is 22.3 Å². The van der Waals surface area contributed by atoms with E-state index in [1.807, 2.05) is 24.3 Å². The van der Waals surface area contributed by atoms with Gasteiger partial charge in [-0.3, -0.25) is 14.5 Å². The summed E-state index contributed by atoms with van der Waals surface area (Å²) in [5, 5.41) is 12.0. The maximum atomic E-state index is 13.5. The molecule has 6 nitrogen and oxygen atoms in total. The van der Waals surface area contributed by atoms with E-state index in [0.29, 0.717) is 33.3 Å². The molecule has 0 spiro atoms. The van der Waals surface area contributed by atoms with Crippen molar-refractivity contribution in [1.29, 1.82) is 0 Å². The lowest BCUT2D eigenvalue weighted by Gasteiger charge is -2.28. The minimum absolute atomic E-state index is 0.0422. The molecule has 7 heteroatoms. The molecule has 192 valence electrons. The summed E-state index contributed by atoms with van der Waals surface area (Å²) in [7, 11) is 2.97. The van der Waals surface area contributed by atoms with Crippen LogP contribution in [0.25, 0.3) is 5.76 Å². The van der Waals surface area contributed by atoms with E-state index < -0.39 is 17.7 Å². The topological polar surface area (TPSA) is 76.1 Å². The van der Waals surface area contributed by atoms with Gasteiger partial charge in [0, 0.05) is 10.7 Å². The van der Waals surface area contributed by atoms with Gasteiger partial charge in [0.05, 0.1) is 31.4 Å². The van der Waals surface area contributed by atoms with Crippen LogP contribution in [0.2, 0.25) is 5.02 Å². The molecule has 1 aliphatic heterocycles. The summed E-state index contributed by atoms with van der Waals surface area (Å²) in [5.74, 6) is -1.09. The number of aliphatic hydroxyl groups excluding tert-OH is 1. The van der Waals surface area contributed by atoms with Crippen molar-refractivity contribution in [2.24, 2.45) is 0 Å². The summed E-state index contributed by atoms with van der Waals surface area (Å²) in [6, 6.07) is 17.0. The molecule has 37 heavy (non-hydrogen) atoms. The Hall–Kier alpha value is -3.77. The number of carbonyl (C=O) groups excluding carboxylic acids is 2. The van der Waals surface area contributed by atoms with Gasteiger partial charge < -0.3 is 14.6 Å². The highest BCUT2D eigenvalue weighted by Crippen LogP contribution is 2.45. The maximum Gasteiger partial charge on any atom is 0.300 e. The number of nitrogens with zero attached hydrogens (tertiary/aromatic N) is 1. The average Bonchev–Trinajstić information content (AvgIpc) is 3.14. The Morgan fingerprint density at radius 1 is 0.973 bits per heavy atom. The fourth-order valence-corrected chi connectivity index (χ4v) is 4.73. The summed E-state index contributed by atoms with van der Waals surface area (Å²) < 4.78 is 10.8. The van der Waals surface area contributed by atoms with E-state index in [0.717, 1.165) is 5.56 Å². The van der Waals surface area contributed by atoms with Crippen molar-refractivity contribution in [3.05, 3.63) is 93.5 Å². The quantitative estimate of drug-likeness (QED) is 0.234. The minimum atomic E-state index is -0.887. The number of ketones is 1. The van der Waals surface area contributed by atoms with Crippen LogP contribution >= 0.6 is 11.6 Å². The van der Waals surface area contributed by atoms with Gasteiger partial charge >= 0.3 is 0 Å². The Labute approximate surface area is 222 Å². The molecule has 1 N–H and O–H groups in total. The third kappa shape index (κ3) is 4.69. The van der Waals surface area contributed by atoms with Gasteiger partial charge in [0.15, 0.2) is 0 Å². The fraction of sp³-hybridized carbons (Fsp3) is 0.267. The molecule has 3 aromatic rings. The zero-order valence-corrected chi connectivity index (χ0v) is 22.5. The number of carbonyl (C=O) groups is 2. The van der Waals surface area contributed by atoms with Crippen LogP contribution in [0.5, 0.6) is 11.5 Å². The molecule has 1 heterocycles. The first kappa shape index (κ1) is 26.3. The molecule has 1 atom stereocenters. The number of hydrogen-bond donors (Lipinski definition) is 1. The lowest BCUT2D eigenvalue weighted by Crippen LogP contribution is -2.30. The highest BCUT2D eigenvalue weighted by atomic mass is 35.5. The second-order valence-electron chi connectivity index (χ2n) is 9.99. The summed E-state index contributed by atoms with van der Waals surface area (Å²) >= 11 is 6.39. The Morgan fingerprint density at radius 3 is 2.24 bits per heavy atom. The van der Waals surface area contributed by atoms with Crippen molar-refractivity contribution in [1.82, 2.24) is 0 Å². The number of benzene rings is 3. The maximum absolute atomic E-state index is 13.5. The Kier molecular flexibility index (Phi) is 7.07. The number of rotatable bonds is 5. The highest BCUT2D eigenvalue weighted by molar-refractivity contribution is 6.52. The Bertz CT molecular complexity index is 1400. The van der Waals surface area contributed by atoms with Gasteiger partial charge in [-0.2, -0.15) is 0 Å². The number of amides is 1. The van der Waals surface area contributed by atoms with E-state index in [1.165, 1.54) is 19.1 Å². The van der Waals surface area contributed by atoms with E-state index in [2.05, 4.69) is 20.8 Å². The van der Waals surface area contributed by atoms with Gasteiger partial charge in [-0.1, -0.05) is 62.7 Å². The van der Waals surface area contributed by atoms with Crippen LogP contribution in [0, 0.1) is 6.92 Å². The van der Waals surface area contributed by atoms with Crippen LogP contribution in [-0.4, -0.2) is 31.0 Å². The zero-order chi connectivity index (χ0) is 27.1. The van der Waals surface area contributed by atoms with Gasteiger partial charge in [-0.05, 0) is 59.4 Å². The van der Waals surface area contributed by atoms with Gasteiger partial charge in [0.1, 0.15) is 17.3 Å². The molecule has 1 aliphatic rings. The number of ether oxygens (including phenoxy) is 2. The predicted molar refractivity (Wildman–Crippen MR) is 146 cm³/mol. The monoisotopic (exact) mass is 519 g/mol. The van der Waals surface area contributed by atoms with Gasteiger partial charge in [0.2, 0.25) is 0 Å². The summed E-state index contributed by atoms with van der Waals surface area (Å²) in [6.45, 7) is 8.12. The minimum Gasteiger partial charge on any atom is -0.507 e. The first-order valence-electron chi connectivity index (χ1n) is 11.9. The molecule has 1 unspecified atom stereocenters. The largest absolute Gasteiger partial charge is 0.507 e. The number of anilines is 1. The van der Waals surface area contributed by atoms with Crippen molar-refractivity contribution in [2.75, 3.05) is 19.1 Å². The Morgan fingerprint density at radius 2 is 1.65 bits per heavy atom. The molecule has 3 aromatic carbocycles. The predicted octanol–water partition coefficient (Wildman–Crippen LogP) is 6.59. The molecule has 0 radical (unpaired) electrons. The number of hydrogen-bond acceptors (Lipinski definition) is 5. The zero-order valence-electron chi connectivity index (χ0n) is 21.8. The van der Waals surface area contributed by atoms with E-state index >= 15 is 0 Å². The van der Waals surface area contributed by atoms with E-state index in [4.69, 9.17) is 21.1 Å². The summed E-state index contributed by atoms with van der Waals surface area (Å²) in [4.78, 5) is 28.5. The average molecular weight is 520 g/mol. The SMILES string of the molecule is COc1ccc(OC)c(/C(O)=C2\C(=O)C(=O)N(c3cccc(Cl)c3C)C2c2ccc(C(C)(C)C)cc2)c1. The Balaban J connectivity index is 2.01. The molecule has 4 rings (SSSR count). The fourth-order valence-electron chi connectivity index (χ4n) is 4.56. The van der Waals surface area contributed by atoms with Gasteiger partial charge in [-0.25, -0.2) is 0 Å². The van der Waals surface area contributed by atoms with Gasteiger partial charge in [-0.15, -0.1) is 0 Å². The van der Waals surface area contributed by atoms with Crippen LogP contribution in [0.15, 0.2) is 66.2 Å². The number of Topliss-reactive ketones (excluding diaryl/α,β-unsaturated/α-hetero) is 1. The van der Waals surface area contributed by atoms with E-state index in [1.54, 1.807) is 43.3 Å². The molecule has 1 fully saturated rings. The van der Waals surface area contributed by atoms with E-state index in [9.17, 15) is 14.7 Å². The highest BCUT2D eigenvalue weighted by Gasteiger charge is 2.47. The van der Waals surface area contributed by atoms with Crippen molar-refractivity contribution >= 4 is 34.7 Å². The second kappa shape index (κ2) is 9.94. The van der Waals surface area contributed by atoms with Gasteiger partial charge in [0.25, 0.3) is 11.7 Å². The van der Waals surface area contributed by atoms with Crippen molar-refractivity contribution in [3.63, 3.8) is 0 Å². The third-order valence-electron chi connectivity index (χ3n) is 6.70. The summed E-state index contributed by atoms with van der Waals surface area (Å²) in [5.41, 5.74) is 3.05. The lowest BCUT2D eigenvalue weighted by atomic mass is 9.85. The molecule has 0 bridgehead atoms. The standard InChI is InChI=1S/C30H30ClNO5/c1-17-22(31)8-7-9-23(17)32-26(18-10-12-19(13-11-18)30(2,3)4)25(28(34)29(32)35)27(33)21-16-20(36-5)14-15-24(21)37-6/h7-16,26,33H,1-6H3/b27-25+. The number of aliphatic hydroxyl groups is 1. The van der Waals surface area contributed by atoms with Crippen molar-refractivity contribution in [3.8, 4) is 11.5 Å². The number of halogens is 1. The van der Waals surface area contributed by atoms with Crippen LogP contribution in [-0.2, 0) is 15.0 Å². The molecule has 1 amide bonds. The second-order valence-corrected chi connectivity index (χ2v) is 10.4. The van der Waals surface area contributed by atoms with Crippen LogP contribution in [0.3, 0.4) is 0 Å². The molecule has 0 aromatic heterocycles. The van der Waals surface area contributed by atoms with Crippen LogP contribution in [0.4, 0.5) is 5.69 Å². The van der Waals surface area contributed by atoms with Crippen LogP contribution < -0.4 is 14.4 Å². The van der Waals surface area contributed by atoms with Crippen molar-refractivity contribution < 1.29 is 24.2 Å². The van der Waals surface area contributed by atoms with Crippen molar-refractivity contribution in [2.45, 2.75) is 39.2 Å².